The molecule has 0 saturated heterocycles. The molecule has 0 aliphatic carbocycles. The Morgan fingerprint density at radius 2 is 2.05 bits per heavy atom. The Balaban J connectivity index is 2.30. The van der Waals surface area contributed by atoms with E-state index in [-0.39, 0.29) is 18.3 Å². The number of amidine groups is 1. The Morgan fingerprint density at radius 1 is 1.35 bits per heavy atom. The van der Waals surface area contributed by atoms with Gasteiger partial charge in [0.25, 0.3) is 0 Å². The summed E-state index contributed by atoms with van der Waals surface area (Å²) in [4.78, 5) is 4.25. The van der Waals surface area contributed by atoms with Crippen LogP contribution in [0.25, 0.3) is 0 Å². The molecule has 0 radical (unpaired) electrons. The van der Waals surface area contributed by atoms with Gasteiger partial charge in [-0.1, -0.05) is 18.2 Å². The lowest BCUT2D eigenvalue weighted by atomic mass is 10.1. The molecule has 0 fully saturated rings. The molecule has 20 heavy (non-hydrogen) atoms. The summed E-state index contributed by atoms with van der Waals surface area (Å²) < 4.78 is 19.2. The van der Waals surface area contributed by atoms with Gasteiger partial charge < -0.3 is 10.5 Å². The highest BCUT2D eigenvalue weighted by Gasteiger charge is 2.13. The number of nitrogen functional groups attached to an aromatic ring is 1. The van der Waals surface area contributed by atoms with E-state index < -0.39 is 0 Å². The van der Waals surface area contributed by atoms with E-state index in [1.807, 2.05) is 6.92 Å². The van der Waals surface area contributed by atoms with Crippen LogP contribution in [-0.2, 0) is 6.61 Å². The highest BCUT2D eigenvalue weighted by molar-refractivity contribution is 5.98. The highest BCUT2D eigenvalue weighted by atomic mass is 19.1. The van der Waals surface area contributed by atoms with Gasteiger partial charge in [-0.05, 0) is 19.9 Å². The molecule has 104 valence electrons. The second-order valence-corrected chi connectivity index (χ2v) is 4.52. The van der Waals surface area contributed by atoms with Gasteiger partial charge in [-0.25, -0.2) is 4.39 Å². The summed E-state index contributed by atoms with van der Waals surface area (Å²) in [5, 5.41) is 7.60. The Morgan fingerprint density at radius 3 is 2.70 bits per heavy atom. The van der Waals surface area contributed by atoms with Crippen LogP contribution in [0.1, 0.15) is 22.5 Å². The number of aromatic nitrogens is 1. The van der Waals surface area contributed by atoms with E-state index in [0.717, 1.165) is 5.69 Å². The van der Waals surface area contributed by atoms with Crippen molar-refractivity contribution in [3.63, 3.8) is 0 Å². The quantitative estimate of drug-likeness (QED) is 0.664. The first-order valence-electron chi connectivity index (χ1n) is 6.18. The highest BCUT2D eigenvalue weighted by Crippen LogP contribution is 2.23. The molecule has 0 aliphatic heterocycles. The lowest BCUT2D eigenvalue weighted by Crippen LogP contribution is -2.16. The molecular weight excluding hydrogens is 257 g/mol. The molecule has 5 heteroatoms. The summed E-state index contributed by atoms with van der Waals surface area (Å²) in [5.74, 6) is 0.0173. The molecule has 1 aromatic carbocycles. The second kappa shape index (κ2) is 5.69. The summed E-state index contributed by atoms with van der Waals surface area (Å²) in [6.45, 7) is 3.67. The first-order chi connectivity index (χ1) is 9.49. The predicted octanol–water partition coefficient (Wildman–Crippen LogP) is 2.70. The van der Waals surface area contributed by atoms with Crippen molar-refractivity contribution in [1.29, 1.82) is 5.41 Å². The molecule has 2 rings (SSSR count). The maximum Gasteiger partial charge on any atom is 0.134 e. The molecule has 2 aromatic rings. The fourth-order valence-corrected chi connectivity index (χ4v) is 2.01. The van der Waals surface area contributed by atoms with Gasteiger partial charge in [-0.15, -0.1) is 0 Å². The summed E-state index contributed by atoms with van der Waals surface area (Å²) in [6.07, 6.45) is 0. The zero-order valence-corrected chi connectivity index (χ0v) is 11.4. The van der Waals surface area contributed by atoms with Crippen molar-refractivity contribution in [2.45, 2.75) is 20.5 Å². The van der Waals surface area contributed by atoms with Gasteiger partial charge in [0.2, 0.25) is 0 Å². The van der Waals surface area contributed by atoms with Crippen molar-refractivity contribution in [2.24, 2.45) is 5.73 Å². The number of hydrogen-bond donors (Lipinski definition) is 2. The number of hydrogen-bond acceptors (Lipinski definition) is 3. The Hall–Kier alpha value is -2.43. The standard InChI is InChI=1S/C15H16FN3O/c1-9-7-13(14(15(17)18)10(2)19-9)20-8-11-5-3-4-6-12(11)16/h3-7H,8H2,1-2H3,(H3,17,18). The smallest absolute Gasteiger partial charge is 0.134 e. The van der Waals surface area contributed by atoms with Crippen LogP contribution in [0, 0.1) is 25.1 Å². The largest absolute Gasteiger partial charge is 0.488 e. The van der Waals surface area contributed by atoms with Gasteiger partial charge in [-0.3, -0.25) is 10.4 Å². The Labute approximate surface area is 116 Å². The van der Waals surface area contributed by atoms with Crippen LogP contribution in [0.4, 0.5) is 4.39 Å². The van der Waals surface area contributed by atoms with E-state index in [0.29, 0.717) is 22.6 Å². The van der Waals surface area contributed by atoms with Crippen LogP contribution in [-0.4, -0.2) is 10.8 Å². The van der Waals surface area contributed by atoms with Crippen molar-refractivity contribution in [3.8, 4) is 5.75 Å². The maximum absolute atomic E-state index is 13.6. The summed E-state index contributed by atoms with van der Waals surface area (Å²) in [7, 11) is 0. The van der Waals surface area contributed by atoms with E-state index in [1.165, 1.54) is 6.07 Å². The third kappa shape index (κ3) is 2.93. The number of pyridine rings is 1. The predicted molar refractivity (Wildman–Crippen MR) is 75.5 cm³/mol. The zero-order valence-electron chi connectivity index (χ0n) is 11.4. The molecule has 0 amide bonds. The number of nitrogens with zero attached hydrogens (tertiary/aromatic N) is 1. The molecular formula is C15H16FN3O. The molecule has 0 aliphatic rings. The van der Waals surface area contributed by atoms with Gasteiger partial charge in [0.15, 0.2) is 0 Å². The van der Waals surface area contributed by atoms with E-state index in [2.05, 4.69) is 4.98 Å². The van der Waals surface area contributed by atoms with E-state index in [4.69, 9.17) is 15.9 Å². The van der Waals surface area contributed by atoms with Gasteiger partial charge in [0.1, 0.15) is 24.0 Å². The average molecular weight is 273 g/mol. The van der Waals surface area contributed by atoms with Crippen LogP contribution in [0.5, 0.6) is 5.75 Å². The fraction of sp³-hybridized carbons (Fsp3) is 0.200. The van der Waals surface area contributed by atoms with Crippen LogP contribution in [0.2, 0.25) is 0 Å². The van der Waals surface area contributed by atoms with Crippen LogP contribution in [0.15, 0.2) is 30.3 Å². The topological polar surface area (TPSA) is 72.0 Å². The molecule has 0 bridgehead atoms. The minimum atomic E-state index is -0.320. The van der Waals surface area contributed by atoms with Crippen molar-refractivity contribution in [2.75, 3.05) is 0 Å². The number of benzene rings is 1. The zero-order chi connectivity index (χ0) is 14.7. The van der Waals surface area contributed by atoms with Crippen LogP contribution < -0.4 is 10.5 Å². The number of ether oxygens (including phenoxy) is 1. The molecule has 1 aromatic heterocycles. The lowest BCUT2D eigenvalue weighted by Gasteiger charge is -2.13. The minimum Gasteiger partial charge on any atom is -0.488 e. The SMILES string of the molecule is Cc1cc(OCc2ccccc2F)c(C(=N)N)c(C)n1. The molecule has 1 heterocycles. The van der Waals surface area contributed by atoms with Gasteiger partial charge in [0, 0.05) is 17.3 Å². The molecule has 0 saturated carbocycles. The van der Waals surface area contributed by atoms with Gasteiger partial charge in [0.05, 0.1) is 11.3 Å². The first kappa shape index (κ1) is 14.0. The van der Waals surface area contributed by atoms with Gasteiger partial charge >= 0.3 is 0 Å². The average Bonchev–Trinajstić information content (AvgIpc) is 2.36. The van der Waals surface area contributed by atoms with Crippen molar-refractivity contribution in [1.82, 2.24) is 4.98 Å². The van der Waals surface area contributed by atoms with E-state index in [9.17, 15) is 4.39 Å². The minimum absolute atomic E-state index is 0.0792. The maximum atomic E-state index is 13.6. The first-order valence-corrected chi connectivity index (χ1v) is 6.18. The van der Waals surface area contributed by atoms with Crippen LogP contribution in [0.3, 0.4) is 0 Å². The number of halogens is 1. The molecule has 0 spiro atoms. The molecule has 4 nitrogen and oxygen atoms in total. The van der Waals surface area contributed by atoms with Crippen LogP contribution >= 0.6 is 0 Å². The summed E-state index contributed by atoms with van der Waals surface area (Å²) >= 11 is 0. The summed E-state index contributed by atoms with van der Waals surface area (Å²) in [6, 6.07) is 8.11. The molecule has 0 atom stereocenters. The normalized spacial score (nSPS) is 10.3. The third-order valence-electron chi connectivity index (χ3n) is 2.90. The van der Waals surface area contributed by atoms with Gasteiger partial charge in [-0.2, -0.15) is 0 Å². The molecule has 0 unspecified atom stereocenters. The Bertz CT molecular complexity index is 656. The van der Waals surface area contributed by atoms with E-state index in [1.54, 1.807) is 31.2 Å². The lowest BCUT2D eigenvalue weighted by molar-refractivity contribution is 0.298. The number of aryl methyl sites for hydroxylation is 2. The Kier molecular flexibility index (Phi) is 3.98. The van der Waals surface area contributed by atoms with E-state index >= 15 is 0 Å². The third-order valence-corrected chi connectivity index (χ3v) is 2.90. The fourth-order valence-electron chi connectivity index (χ4n) is 2.01. The number of nitrogens with two attached hydrogens (primary N) is 1. The monoisotopic (exact) mass is 273 g/mol. The molecule has 3 N–H and O–H groups in total. The van der Waals surface area contributed by atoms with Crippen molar-refractivity contribution >= 4 is 5.84 Å². The summed E-state index contributed by atoms with van der Waals surface area (Å²) in [5.41, 5.74) is 7.84. The number of nitrogens with one attached hydrogen (secondary N) is 1. The second-order valence-electron chi connectivity index (χ2n) is 4.52. The number of rotatable bonds is 4. The van der Waals surface area contributed by atoms with Crippen molar-refractivity contribution in [3.05, 3.63) is 58.7 Å². The van der Waals surface area contributed by atoms with Crippen molar-refractivity contribution < 1.29 is 9.13 Å².